The number of allylic oxidation sites excluding steroid dienone is 2. The molecule has 1 heterocycles. The van der Waals surface area contributed by atoms with Crippen molar-refractivity contribution in [3.63, 3.8) is 0 Å². The Balaban J connectivity index is 2.07. The zero-order valence-electron chi connectivity index (χ0n) is 28.1. The minimum atomic E-state index is -1.59. The Morgan fingerprint density at radius 3 is 1.73 bits per heavy atom. The number of unbranched alkanes of at least 4 members (excludes halogenated alkanes) is 17. The zero-order chi connectivity index (χ0) is 33.1. The molecular weight excluding hydrogens is 580 g/mol. The van der Waals surface area contributed by atoms with Crippen LogP contribution in [0.15, 0.2) is 12.2 Å². The lowest BCUT2D eigenvalue weighted by molar-refractivity contribution is -0.305. The van der Waals surface area contributed by atoms with Crippen molar-refractivity contribution < 1.29 is 49.0 Å². The molecule has 45 heavy (non-hydrogen) atoms. The summed E-state index contributed by atoms with van der Waals surface area (Å²) in [5, 5.41) is 39.3. The molecule has 264 valence electrons. The molecule has 1 aliphatic rings. The Bertz CT molecular complexity index is 759. The van der Waals surface area contributed by atoms with Gasteiger partial charge in [0.1, 0.15) is 31.0 Å². The lowest BCUT2D eigenvalue weighted by Crippen LogP contribution is -2.59. The Kier molecular flexibility index (Phi) is 25.4. The SMILES string of the molecule is CCCCCCCCCC/C=C\CCCCCCCCCCCC(=O)OC(COC(C)=O)COC1OC(CO)C(O)C(O)C1O. The van der Waals surface area contributed by atoms with Crippen LogP contribution in [-0.2, 0) is 28.5 Å². The molecule has 1 fully saturated rings. The third-order valence-corrected chi connectivity index (χ3v) is 8.21. The van der Waals surface area contributed by atoms with Crippen LogP contribution in [0.2, 0.25) is 0 Å². The normalized spacial score (nSPS) is 22.5. The van der Waals surface area contributed by atoms with E-state index in [-0.39, 0.29) is 19.6 Å². The van der Waals surface area contributed by atoms with Crippen molar-refractivity contribution in [1.82, 2.24) is 0 Å². The summed E-state index contributed by atoms with van der Waals surface area (Å²) in [4.78, 5) is 23.7. The highest BCUT2D eigenvalue weighted by Gasteiger charge is 2.44. The van der Waals surface area contributed by atoms with E-state index in [1.165, 1.54) is 103 Å². The molecule has 1 rings (SSSR count). The molecule has 0 bridgehead atoms. The van der Waals surface area contributed by atoms with Gasteiger partial charge in [0.25, 0.3) is 0 Å². The number of aliphatic hydroxyl groups is 4. The van der Waals surface area contributed by atoms with Crippen LogP contribution < -0.4 is 0 Å². The van der Waals surface area contributed by atoms with E-state index in [1.54, 1.807) is 0 Å². The average Bonchev–Trinajstić information content (AvgIpc) is 3.02. The molecule has 1 saturated heterocycles. The molecule has 1 aliphatic heterocycles. The summed E-state index contributed by atoms with van der Waals surface area (Å²) in [5.41, 5.74) is 0. The number of hydrogen-bond donors (Lipinski definition) is 4. The fourth-order valence-electron chi connectivity index (χ4n) is 5.38. The molecule has 0 amide bonds. The topological polar surface area (TPSA) is 152 Å². The van der Waals surface area contributed by atoms with Crippen molar-refractivity contribution in [2.24, 2.45) is 0 Å². The van der Waals surface area contributed by atoms with E-state index in [0.29, 0.717) is 6.42 Å². The highest BCUT2D eigenvalue weighted by molar-refractivity contribution is 5.69. The minimum Gasteiger partial charge on any atom is -0.462 e. The van der Waals surface area contributed by atoms with Crippen LogP contribution in [0, 0.1) is 0 Å². The summed E-state index contributed by atoms with van der Waals surface area (Å²) < 4.78 is 21.2. The van der Waals surface area contributed by atoms with Crippen LogP contribution in [0.4, 0.5) is 0 Å². The first-order valence-corrected chi connectivity index (χ1v) is 17.7. The molecule has 4 N–H and O–H groups in total. The molecule has 0 spiro atoms. The molecule has 10 heteroatoms. The van der Waals surface area contributed by atoms with Crippen molar-refractivity contribution in [1.29, 1.82) is 0 Å². The smallest absolute Gasteiger partial charge is 0.306 e. The van der Waals surface area contributed by atoms with Gasteiger partial charge in [0, 0.05) is 13.3 Å². The Hall–Kier alpha value is -1.56. The van der Waals surface area contributed by atoms with Crippen molar-refractivity contribution in [2.45, 2.75) is 179 Å². The summed E-state index contributed by atoms with van der Waals surface area (Å²) in [5.74, 6) is -0.999. The zero-order valence-corrected chi connectivity index (χ0v) is 28.1. The van der Waals surface area contributed by atoms with Crippen molar-refractivity contribution in [3.8, 4) is 0 Å². The fourth-order valence-corrected chi connectivity index (χ4v) is 5.38. The van der Waals surface area contributed by atoms with E-state index in [9.17, 15) is 30.0 Å². The Morgan fingerprint density at radius 2 is 1.22 bits per heavy atom. The standard InChI is InChI=1S/C35H64O10/c1-3-4-5-6-7-8-9-10-11-12-13-14-15-16-17-18-19-20-21-22-23-24-31(38)44-29(26-42-28(2)37)27-43-35-34(41)33(40)32(39)30(25-36)45-35/h12-13,29-30,32-36,39-41H,3-11,14-27H2,1-2H3/b13-12-. The van der Waals surface area contributed by atoms with E-state index in [2.05, 4.69) is 19.1 Å². The molecule has 0 aliphatic carbocycles. The van der Waals surface area contributed by atoms with Crippen LogP contribution in [0.25, 0.3) is 0 Å². The number of esters is 2. The van der Waals surface area contributed by atoms with Gasteiger partial charge in [-0.1, -0.05) is 109 Å². The molecule has 6 atom stereocenters. The van der Waals surface area contributed by atoms with Gasteiger partial charge in [-0.3, -0.25) is 9.59 Å². The van der Waals surface area contributed by atoms with Crippen molar-refractivity contribution >= 4 is 11.9 Å². The summed E-state index contributed by atoms with van der Waals surface area (Å²) in [6, 6.07) is 0. The van der Waals surface area contributed by atoms with E-state index < -0.39 is 55.4 Å². The van der Waals surface area contributed by atoms with E-state index >= 15 is 0 Å². The lowest BCUT2D eigenvalue weighted by Gasteiger charge is -2.39. The largest absolute Gasteiger partial charge is 0.462 e. The number of carbonyl (C=O) groups is 2. The summed E-state index contributed by atoms with van der Waals surface area (Å²) >= 11 is 0. The monoisotopic (exact) mass is 644 g/mol. The predicted molar refractivity (Wildman–Crippen MR) is 173 cm³/mol. The van der Waals surface area contributed by atoms with Crippen molar-refractivity contribution in [3.05, 3.63) is 12.2 Å². The maximum Gasteiger partial charge on any atom is 0.306 e. The predicted octanol–water partition coefficient (Wildman–Crippen LogP) is 5.66. The summed E-state index contributed by atoms with van der Waals surface area (Å²) in [6.07, 6.45) is 20.3. The fraction of sp³-hybridized carbons (Fsp3) is 0.886. The maximum atomic E-state index is 12.4. The first kappa shape index (κ1) is 41.5. The third-order valence-electron chi connectivity index (χ3n) is 8.21. The second-order valence-corrected chi connectivity index (χ2v) is 12.4. The Morgan fingerprint density at radius 1 is 0.711 bits per heavy atom. The highest BCUT2D eigenvalue weighted by Crippen LogP contribution is 2.22. The molecule has 10 nitrogen and oxygen atoms in total. The molecule has 0 aromatic heterocycles. The lowest BCUT2D eigenvalue weighted by atomic mass is 9.99. The van der Waals surface area contributed by atoms with Crippen molar-refractivity contribution in [2.75, 3.05) is 19.8 Å². The minimum absolute atomic E-state index is 0.225. The third kappa shape index (κ3) is 21.0. The first-order valence-electron chi connectivity index (χ1n) is 17.7. The molecular formula is C35H64O10. The quantitative estimate of drug-likeness (QED) is 0.0477. The second kappa shape index (κ2) is 27.5. The average molecular weight is 645 g/mol. The maximum absolute atomic E-state index is 12.4. The molecule has 0 aromatic carbocycles. The van der Waals surface area contributed by atoms with Gasteiger partial charge in [-0.05, 0) is 32.1 Å². The van der Waals surface area contributed by atoms with Gasteiger partial charge in [0.05, 0.1) is 13.2 Å². The number of hydrogen-bond acceptors (Lipinski definition) is 10. The van der Waals surface area contributed by atoms with Crippen LogP contribution in [0.3, 0.4) is 0 Å². The molecule has 0 aromatic rings. The number of rotatable bonds is 28. The number of carbonyl (C=O) groups excluding carboxylic acids is 2. The van der Waals surface area contributed by atoms with Crippen LogP contribution in [0.1, 0.15) is 142 Å². The van der Waals surface area contributed by atoms with Crippen LogP contribution in [0.5, 0.6) is 0 Å². The van der Waals surface area contributed by atoms with Gasteiger partial charge in [0.15, 0.2) is 12.4 Å². The number of ether oxygens (including phenoxy) is 4. The van der Waals surface area contributed by atoms with Gasteiger partial charge < -0.3 is 39.4 Å². The van der Waals surface area contributed by atoms with Gasteiger partial charge in [-0.2, -0.15) is 0 Å². The van der Waals surface area contributed by atoms with Gasteiger partial charge in [-0.15, -0.1) is 0 Å². The van der Waals surface area contributed by atoms with Gasteiger partial charge >= 0.3 is 11.9 Å². The summed E-state index contributed by atoms with van der Waals surface area (Å²) in [6.45, 7) is 2.38. The molecule has 6 unspecified atom stereocenters. The van der Waals surface area contributed by atoms with Gasteiger partial charge in [-0.25, -0.2) is 0 Å². The van der Waals surface area contributed by atoms with E-state index in [0.717, 1.165) is 19.3 Å². The van der Waals surface area contributed by atoms with Gasteiger partial charge in [0.2, 0.25) is 0 Å². The van der Waals surface area contributed by atoms with E-state index in [1.807, 2.05) is 0 Å². The van der Waals surface area contributed by atoms with E-state index in [4.69, 9.17) is 18.9 Å². The highest BCUT2D eigenvalue weighted by atomic mass is 16.7. The first-order chi connectivity index (χ1) is 21.8. The summed E-state index contributed by atoms with van der Waals surface area (Å²) in [7, 11) is 0. The number of aliphatic hydroxyl groups excluding tert-OH is 4. The molecule has 0 radical (unpaired) electrons. The molecule has 0 saturated carbocycles. The second-order valence-electron chi connectivity index (χ2n) is 12.4. The Labute approximate surface area is 271 Å². The van der Waals surface area contributed by atoms with Crippen LogP contribution in [-0.4, -0.2) is 89.0 Å². The van der Waals surface area contributed by atoms with Crippen LogP contribution >= 0.6 is 0 Å².